The van der Waals surface area contributed by atoms with Crippen LogP contribution in [0.5, 0.6) is 0 Å². The SMILES string of the molecule is N#CCn1cc(-c2cnc3nnn(Cc4cc5[nH]ncc5s4)c3n2)cn1. The van der Waals surface area contributed by atoms with Crippen LogP contribution >= 0.6 is 11.3 Å². The van der Waals surface area contributed by atoms with Crippen molar-refractivity contribution in [3.05, 3.63) is 35.7 Å². The van der Waals surface area contributed by atoms with Crippen molar-refractivity contribution in [3.8, 4) is 17.3 Å². The Morgan fingerprint density at radius 3 is 3.12 bits per heavy atom. The first-order valence-electron chi connectivity index (χ1n) is 7.68. The first-order chi connectivity index (χ1) is 12.8. The van der Waals surface area contributed by atoms with E-state index in [1.807, 2.05) is 6.07 Å². The quantitative estimate of drug-likeness (QED) is 0.514. The molecule has 126 valence electrons. The summed E-state index contributed by atoms with van der Waals surface area (Å²) in [7, 11) is 0. The topological polar surface area (TPSA) is 127 Å². The van der Waals surface area contributed by atoms with Crippen molar-refractivity contribution in [2.24, 2.45) is 0 Å². The molecule has 1 N–H and O–H groups in total. The van der Waals surface area contributed by atoms with E-state index < -0.39 is 0 Å². The van der Waals surface area contributed by atoms with E-state index in [2.05, 4.69) is 41.6 Å². The van der Waals surface area contributed by atoms with Gasteiger partial charge in [0.05, 0.1) is 47.1 Å². The van der Waals surface area contributed by atoms with E-state index >= 15 is 0 Å². The first kappa shape index (κ1) is 14.7. The molecular weight excluding hydrogens is 352 g/mol. The summed E-state index contributed by atoms with van der Waals surface area (Å²) in [6.45, 7) is 0.741. The molecule has 10 nitrogen and oxygen atoms in total. The summed E-state index contributed by atoms with van der Waals surface area (Å²) in [4.78, 5) is 10.1. The van der Waals surface area contributed by atoms with Crippen molar-refractivity contribution >= 4 is 32.8 Å². The number of thiophene rings is 1. The molecule has 0 amide bonds. The number of hydrogen-bond acceptors (Lipinski definition) is 8. The Kier molecular flexibility index (Phi) is 3.22. The minimum Gasteiger partial charge on any atom is -0.277 e. The molecule has 0 aliphatic heterocycles. The molecule has 5 aromatic rings. The Hall–Kier alpha value is -3.65. The first-order valence-corrected chi connectivity index (χ1v) is 8.49. The van der Waals surface area contributed by atoms with Crippen LogP contribution in [0.3, 0.4) is 0 Å². The van der Waals surface area contributed by atoms with Crippen molar-refractivity contribution in [2.75, 3.05) is 0 Å². The van der Waals surface area contributed by atoms with E-state index in [1.165, 1.54) is 0 Å². The minimum absolute atomic E-state index is 0.190. The molecule has 5 heterocycles. The van der Waals surface area contributed by atoms with Gasteiger partial charge in [-0.05, 0) is 6.07 Å². The van der Waals surface area contributed by atoms with Gasteiger partial charge in [0.2, 0.25) is 5.65 Å². The molecule has 0 atom stereocenters. The largest absolute Gasteiger partial charge is 0.277 e. The van der Waals surface area contributed by atoms with E-state index in [0.717, 1.165) is 20.7 Å². The highest BCUT2D eigenvalue weighted by Gasteiger charge is 2.13. The second-order valence-electron chi connectivity index (χ2n) is 5.59. The summed E-state index contributed by atoms with van der Waals surface area (Å²) in [6.07, 6.45) is 6.87. The van der Waals surface area contributed by atoms with Gasteiger partial charge in [0.25, 0.3) is 0 Å². The van der Waals surface area contributed by atoms with Gasteiger partial charge in [-0.3, -0.25) is 9.78 Å². The lowest BCUT2D eigenvalue weighted by molar-refractivity contribution is 0.671. The number of H-pyrrole nitrogens is 1. The maximum atomic E-state index is 8.76. The standard InChI is InChI=1S/C15H10N10S/c16-1-2-24-7-9(4-19-24)12-5-17-14-15(20-12)25(23-22-14)8-10-3-11-13(26-10)6-18-21-11/h3-7H,2,8H2,(H,18,21). The van der Waals surface area contributed by atoms with Crippen LogP contribution in [0.1, 0.15) is 4.88 Å². The van der Waals surface area contributed by atoms with Gasteiger partial charge in [-0.15, -0.1) is 16.4 Å². The summed E-state index contributed by atoms with van der Waals surface area (Å²) in [5.41, 5.74) is 3.55. The van der Waals surface area contributed by atoms with Gasteiger partial charge < -0.3 is 0 Å². The Bertz CT molecular complexity index is 1240. The number of nitrogens with one attached hydrogen (secondary N) is 1. The van der Waals surface area contributed by atoms with Crippen molar-refractivity contribution in [3.63, 3.8) is 0 Å². The Balaban J connectivity index is 1.51. The van der Waals surface area contributed by atoms with Crippen LogP contribution in [0, 0.1) is 11.3 Å². The molecule has 0 spiro atoms. The van der Waals surface area contributed by atoms with Gasteiger partial charge in [-0.25, -0.2) is 14.6 Å². The van der Waals surface area contributed by atoms with E-state index in [0.29, 0.717) is 23.5 Å². The van der Waals surface area contributed by atoms with Crippen LogP contribution in [0.2, 0.25) is 0 Å². The fraction of sp³-hybridized carbons (Fsp3) is 0.133. The number of nitrogens with zero attached hydrogens (tertiary/aromatic N) is 9. The van der Waals surface area contributed by atoms with Crippen molar-refractivity contribution < 1.29 is 0 Å². The third kappa shape index (κ3) is 2.40. The highest BCUT2D eigenvalue weighted by atomic mass is 32.1. The third-order valence-corrected chi connectivity index (χ3v) is 4.93. The van der Waals surface area contributed by atoms with Gasteiger partial charge in [-0.1, -0.05) is 5.21 Å². The summed E-state index contributed by atoms with van der Waals surface area (Å²) < 4.78 is 4.38. The average molecular weight is 362 g/mol. The Labute approximate surface area is 149 Å². The van der Waals surface area contributed by atoms with E-state index in [1.54, 1.807) is 45.5 Å². The van der Waals surface area contributed by atoms with Crippen LogP contribution in [-0.2, 0) is 13.1 Å². The molecule has 26 heavy (non-hydrogen) atoms. The fourth-order valence-corrected chi connectivity index (χ4v) is 3.65. The minimum atomic E-state index is 0.190. The summed E-state index contributed by atoms with van der Waals surface area (Å²) >= 11 is 1.65. The third-order valence-electron chi connectivity index (χ3n) is 3.87. The zero-order chi connectivity index (χ0) is 17.5. The Morgan fingerprint density at radius 2 is 2.23 bits per heavy atom. The average Bonchev–Trinajstić information content (AvgIpc) is 3.39. The Morgan fingerprint density at radius 1 is 1.27 bits per heavy atom. The van der Waals surface area contributed by atoms with Crippen molar-refractivity contribution in [2.45, 2.75) is 13.1 Å². The molecule has 0 aromatic carbocycles. The van der Waals surface area contributed by atoms with Crippen molar-refractivity contribution in [1.29, 1.82) is 5.26 Å². The molecule has 0 saturated carbocycles. The number of aromatic amines is 1. The molecule has 11 heteroatoms. The highest BCUT2D eigenvalue weighted by molar-refractivity contribution is 7.19. The maximum absolute atomic E-state index is 8.76. The van der Waals surface area contributed by atoms with Gasteiger partial charge >= 0.3 is 0 Å². The number of nitriles is 1. The zero-order valence-electron chi connectivity index (χ0n) is 13.2. The number of rotatable bonds is 4. The molecule has 0 unspecified atom stereocenters. The lowest BCUT2D eigenvalue weighted by Gasteiger charge is -2.00. The van der Waals surface area contributed by atoms with Gasteiger partial charge in [0, 0.05) is 16.6 Å². The second kappa shape index (κ2) is 5.71. The highest BCUT2D eigenvalue weighted by Crippen LogP contribution is 2.25. The predicted molar refractivity (Wildman–Crippen MR) is 93.0 cm³/mol. The van der Waals surface area contributed by atoms with Crippen LogP contribution < -0.4 is 0 Å². The predicted octanol–water partition coefficient (Wildman–Crippen LogP) is 1.59. The number of hydrogen-bond donors (Lipinski definition) is 1. The molecular formula is C15H10N10S. The molecule has 0 saturated heterocycles. The van der Waals surface area contributed by atoms with Gasteiger partial charge in [0.1, 0.15) is 6.54 Å². The molecule has 0 fully saturated rings. The molecule has 0 radical (unpaired) electrons. The summed E-state index contributed by atoms with van der Waals surface area (Å²) in [6, 6.07) is 4.10. The lowest BCUT2D eigenvalue weighted by Crippen LogP contribution is -2.02. The van der Waals surface area contributed by atoms with Crippen molar-refractivity contribution in [1.82, 2.24) is 44.9 Å². The van der Waals surface area contributed by atoms with E-state index in [-0.39, 0.29) is 6.54 Å². The van der Waals surface area contributed by atoms with Gasteiger partial charge in [0.15, 0.2) is 5.65 Å². The summed E-state index contributed by atoms with van der Waals surface area (Å²) in [5.74, 6) is 0. The number of fused-ring (bicyclic) bond motifs is 2. The maximum Gasteiger partial charge on any atom is 0.221 e. The monoisotopic (exact) mass is 362 g/mol. The lowest BCUT2D eigenvalue weighted by atomic mass is 10.3. The van der Waals surface area contributed by atoms with Gasteiger partial charge in [-0.2, -0.15) is 15.5 Å². The molecule has 5 rings (SSSR count). The van der Waals surface area contributed by atoms with Crippen LogP contribution in [-0.4, -0.2) is 44.9 Å². The van der Waals surface area contributed by atoms with Crippen LogP contribution in [0.4, 0.5) is 0 Å². The van der Waals surface area contributed by atoms with E-state index in [9.17, 15) is 0 Å². The zero-order valence-corrected chi connectivity index (χ0v) is 14.1. The summed E-state index contributed by atoms with van der Waals surface area (Å²) in [5, 5.41) is 28.1. The normalized spacial score (nSPS) is 11.3. The van der Waals surface area contributed by atoms with Crippen LogP contribution in [0.15, 0.2) is 30.9 Å². The molecule has 0 aliphatic rings. The van der Waals surface area contributed by atoms with E-state index in [4.69, 9.17) is 5.26 Å². The second-order valence-corrected chi connectivity index (χ2v) is 6.76. The molecule has 0 bridgehead atoms. The number of aromatic nitrogens is 9. The fourth-order valence-electron chi connectivity index (χ4n) is 2.68. The smallest absolute Gasteiger partial charge is 0.221 e. The molecule has 5 aromatic heterocycles. The molecule has 0 aliphatic carbocycles. The van der Waals surface area contributed by atoms with Crippen LogP contribution in [0.25, 0.3) is 32.8 Å².